The lowest BCUT2D eigenvalue weighted by Crippen LogP contribution is -2.87. The van der Waals surface area contributed by atoms with Crippen LogP contribution in [0.15, 0.2) is 60.0 Å². The van der Waals surface area contributed by atoms with E-state index in [4.69, 9.17) is 0 Å². The van der Waals surface area contributed by atoms with E-state index in [0.717, 1.165) is 17.7 Å². The molecule has 1 amide bonds. The molecule has 0 saturated carbocycles. The minimum atomic E-state index is 0.0349. The maximum absolute atomic E-state index is 12.7. The fourth-order valence-corrected chi connectivity index (χ4v) is 4.13. The van der Waals surface area contributed by atoms with Crippen LogP contribution in [-0.4, -0.2) is 12.5 Å². The SMILES string of the molecule is CCc1cccc(C)c1NC(=O)C[NH2+][C@@H](c1ccc(C)cc1)c1cccs1. The third-order valence-corrected chi connectivity index (χ3v) is 5.78. The summed E-state index contributed by atoms with van der Waals surface area (Å²) in [6, 6.07) is 19.1. The van der Waals surface area contributed by atoms with Crippen molar-refractivity contribution in [3.05, 3.63) is 87.1 Å². The van der Waals surface area contributed by atoms with Crippen LogP contribution in [0.4, 0.5) is 5.69 Å². The first-order chi connectivity index (χ1) is 13.1. The highest BCUT2D eigenvalue weighted by Gasteiger charge is 2.20. The maximum atomic E-state index is 12.7. The number of nitrogens with one attached hydrogen (secondary N) is 1. The summed E-state index contributed by atoms with van der Waals surface area (Å²) in [4.78, 5) is 13.9. The molecule has 4 heteroatoms. The number of rotatable bonds is 7. The van der Waals surface area contributed by atoms with Crippen LogP contribution in [0.1, 0.15) is 40.1 Å². The van der Waals surface area contributed by atoms with Crippen molar-refractivity contribution >= 4 is 22.9 Å². The van der Waals surface area contributed by atoms with Gasteiger partial charge in [0.05, 0.1) is 4.88 Å². The van der Waals surface area contributed by atoms with E-state index in [1.54, 1.807) is 11.3 Å². The molecule has 0 fully saturated rings. The fraction of sp³-hybridized carbons (Fsp3) is 0.261. The number of thiophene rings is 1. The number of nitrogens with two attached hydrogens (primary N) is 1. The Bertz CT molecular complexity index is 885. The van der Waals surface area contributed by atoms with Gasteiger partial charge in [0.2, 0.25) is 0 Å². The number of hydrogen-bond acceptors (Lipinski definition) is 2. The Balaban J connectivity index is 1.72. The monoisotopic (exact) mass is 379 g/mol. The van der Waals surface area contributed by atoms with Gasteiger partial charge in [0.15, 0.2) is 6.54 Å². The molecule has 0 saturated heterocycles. The molecule has 140 valence electrons. The largest absolute Gasteiger partial charge is 0.328 e. The molecule has 3 nitrogen and oxygen atoms in total. The van der Waals surface area contributed by atoms with Gasteiger partial charge in [0.25, 0.3) is 5.91 Å². The van der Waals surface area contributed by atoms with E-state index in [1.807, 2.05) is 19.1 Å². The minimum Gasteiger partial charge on any atom is -0.328 e. The number of carbonyl (C=O) groups excluding carboxylic acids is 1. The van der Waals surface area contributed by atoms with Crippen molar-refractivity contribution < 1.29 is 10.1 Å². The van der Waals surface area contributed by atoms with Gasteiger partial charge in [-0.05, 0) is 42.8 Å². The lowest BCUT2D eigenvalue weighted by molar-refractivity contribution is -0.675. The fourth-order valence-electron chi connectivity index (χ4n) is 3.28. The zero-order chi connectivity index (χ0) is 19.2. The molecule has 1 heterocycles. The quantitative estimate of drug-likeness (QED) is 0.634. The molecule has 1 aromatic heterocycles. The third-order valence-electron chi connectivity index (χ3n) is 4.83. The summed E-state index contributed by atoms with van der Waals surface area (Å²) in [5, 5.41) is 7.33. The molecule has 0 unspecified atom stereocenters. The summed E-state index contributed by atoms with van der Waals surface area (Å²) >= 11 is 1.73. The zero-order valence-corrected chi connectivity index (χ0v) is 17.0. The molecule has 0 spiro atoms. The Morgan fingerprint density at radius 1 is 1.07 bits per heavy atom. The molecule has 1 atom stereocenters. The number of benzene rings is 2. The predicted octanol–water partition coefficient (Wildman–Crippen LogP) is 4.22. The number of anilines is 1. The van der Waals surface area contributed by atoms with Crippen molar-refractivity contribution in [2.45, 2.75) is 33.2 Å². The van der Waals surface area contributed by atoms with Gasteiger partial charge in [-0.2, -0.15) is 0 Å². The molecule has 0 aliphatic heterocycles. The standard InChI is InChI=1S/C23H26N2OS/c1-4-18-8-5-7-17(3)22(18)25-21(26)15-24-23(20-9-6-14-27-20)19-12-10-16(2)11-13-19/h5-14,23-24H,4,15H2,1-3H3,(H,25,26)/p+1/t23-/m0/s1. The van der Waals surface area contributed by atoms with Crippen molar-refractivity contribution in [2.75, 3.05) is 11.9 Å². The summed E-state index contributed by atoms with van der Waals surface area (Å²) in [5.74, 6) is 0.0349. The molecular formula is C23H27N2OS+. The Labute approximate surface area is 165 Å². The van der Waals surface area contributed by atoms with Gasteiger partial charge in [-0.1, -0.05) is 61.0 Å². The topological polar surface area (TPSA) is 45.7 Å². The summed E-state index contributed by atoms with van der Waals surface area (Å²) in [6.07, 6.45) is 0.905. The highest BCUT2D eigenvalue weighted by Crippen LogP contribution is 2.23. The van der Waals surface area contributed by atoms with Crippen molar-refractivity contribution in [3.63, 3.8) is 0 Å². The number of hydrogen-bond donors (Lipinski definition) is 2. The molecule has 27 heavy (non-hydrogen) atoms. The summed E-state index contributed by atoms with van der Waals surface area (Å²) in [6.45, 7) is 6.63. The smallest absolute Gasteiger partial charge is 0.279 e. The molecule has 3 N–H and O–H groups in total. The molecule has 0 aliphatic carbocycles. The Kier molecular flexibility index (Phi) is 6.43. The van der Waals surface area contributed by atoms with Crippen LogP contribution >= 0.6 is 11.3 Å². The lowest BCUT2D eigenvalue weighted by atomic mass is 10.0. The Hall–Kier alpha value is -2.43. The molecule has 0 aliphatic rings. The van der Waals surface area contributed by atoms with Crippen molar-refractivity contribution in [1.29, 1.82) is 0 Å². The van der Waals surface area contributed by atoms with Crippen LogP contribution in [0.3, 0.4) is 0 Å². The highest BCUT2D eigenvalue weighted by molar-refractivity contribution is 7.10. The number of para-hydroxylation sites is 1. The van der Waals surface area contributed by atoms with Gasteiger partial charge >= 0.3 is 0 Å². The van der Waals surface area contributed by atoms with Gasteiger partial charge in [-0.25, -0.2) is 0 Å². The highest BCUT2D eigenvalue weighted by atomic mass is 32.1. The Morgan fingerprint density at radius 2 is 1.85 bits per heavy atom. The second-order valence-corrected chi connectivity index (χ2v) is 7.83. The van der Waals surface area contributed by atoms with Crippen LogP contribution < -0.4 is 10.6 Å². The van der Waals surface area contributed by atoms with E-state index in [0.29, 0.717) is 6.54 Å². The van der Waals surface area contributed by atoms with Gasteiger partial charge in [-0.3, -0.25) is 4.79 Å². The molecule has 0 bridgehead atoms. The van der Waals surface area contributed by atoms with E-state index in [9.17, 15) is 4.79 Å². The van der Waals surface area contributed by atoms with Crippen LogP contribution in [0.5, 0.6) is 0 Å². The first-order valence-electron chi connectivity index (χ1n) is 9.40. The zero-order valence-electron chi connectivity index (χ0n) is 16.2. The van der Waals surface area contributed by atoms with Crippen molar-refractivity contribution in [1.82, 2.24) is 0 Å². The van der Waals surface area contributed by atoms with Crippen molar-refractivity contribution in [3.8, 4) is 0 Å². The minimum absolute atomic E-state index is 0.0349. The van der Waals surface area contributed by atoms with Gasteiger partial charge < -0.3 is 10.6 Å². The van der Waals surface area contributed by atoms with Crippen LogP contribution in [-0.2, 0) is 11.2 Å². The van der Waals surface area contributed by atoms with Gasteiger partial charge in [0, 0.05) is 11.3 Å². The number of amides is 1. The van der Waals surface area contributed by atoms with Crippen LogP contribution in [0, 0.1) is 13.8 Å². The molecule has 2 aromatic carbocycles. The first kappa shape index (κ1) is 19.3. The first-order valence-corrected chi connectivity index (χ1v) is 10.3. The van der Waals surface area contributed by atoms with Crippen LogP contribution in [0.25, 0.3) is 0 Å². The average molecular weight is 380 g/mol. The maximum Gasteiger partial charge on any atom is 0.279 e. The Morgan fingerprint density at radius 3 is 2.52 bits per heavy atom. The van der Waals surface area contributed by atoms with Gasteiger partial charge in [0.1, 0.15) is 6.04 Å². The second kappa shape index (κ2) is 8.98. The molecule has 3 aromatic rings. The lowest BCUT2D eigenvalue weighted by Gasteiger charge is -2.16. The van der Waals surface area contributed by atoms with E-state index in [2.05, 4.69) is 72.3 Å². The molecule has 3 rings (SSSR count). The normalized spacial score (nSPS) is 12.0. The molecule has 0 radical (unpaired) electrons. The van der Waals surface area contributed by atoms with E-state index in [-0.39, 0.29) is 11.9 Å². The number of quaternary nitrogens is 1. The van der Waals surface area contributed by atoms with E-state index >= 15 is 0 Å². The third kappa shape index (κ3) is 4.85. The predicted molar refractivity (Wildman–Crippen MR) is 113 cm³/mol. The van der Waals surface area contributed by atoms with Crippen LogP contribution in [0.2, 0.25) is 0 Å². The summed E-state index contributed by atoms with van der Waals surface area (Å²) < 4.78 is 0. The van der Waals surface area contributed by atoms with E-state index in [1.165, 1.54) is 21.6 Å². The second-order valence-electron chi connectivity index (χ2n) is 6.85. The number of carbonyl (C=O) groups is 1. The van der Waals surface area contributed by atoms with Crippen molar-refractivity contribution in [2.24, 2.45) is 0 Å². The number of aryl methyl sites for hydroxylation is 3. The molecular weight excluding hydrogens is 352 g/mol. The van der Waals surface area contributed by atoms with Gasteiger partial charge in [-0.15, -0.1) is 11.3 Å². The summed E-state index contributed by atoms with van der Waals surface area (Å²) in [7, 11) is 0. The summed E-state index contributed by atoms with van der Waals surface area (Å²) in [5.41, 5.74) is 5.71. The van der Waals surface area contributed by atoms with E-state index < -0.39 is 0 Å². The average Bonchev–Trinajstić information content (AvgIpc) is 3.19.